The second-order valence-corrected chi connectivity index (χ2v) is 8.09. The summed E-state index contributed by atoms with van der Waals surface area (Å²) in [6.07, 6.45) is 0. The molecule has 0 saturated heterocycles. The predicted molar refractivity (Wildman–Crippen MR) is 125 cm³/mol. The van der Waals surface area contributed by atoms with Crippen molar-refractivity contribution in [3.05, 3.63) is 94.3 Å². The first-order chi connectivity index (χ1) is 16.5. The lowest BCUT2D eigenvalue weighted by atomic mass is 10.1. The van der Waals surface area contributed by atoms with Gasteiger partial charge >= 0.3 is 5.97 Å². The van der Waals surface area contributed by atoms with Gasteiger partial charge in [-0.1, -0.05) is 23.7 Å². The zero-order chi connectivity index (χ0) is 23.8. The Balaban J connectivity index is 1.32. The van der Waals surface area contributed by atoms with Crippen LogP contribution < -0.4 is 4.90 Å². The first kappa shape index (κ1) is 21.8. The first-order valence-corrected chi connectivity index (χ1v) is 10.9. The molecule has 5 rings (SSSR count). The number of imide groups is 1. The van der Waals surface area contributed by atoms with Gasteiger partial charge in [-0.3, -0.25) is 9.59 Å². The number of carbonyl (C=O) groups excluding carboxylic acids is 3. The maximum absolute atomic E-state index is 12.6. The summed E-state index contributed by atoms with van der Waals surface area (Å²) in [5.41, 5.74) is 2.73. The van der Waals surface area contributed by atoms with E-state index in [1.807, 2.05) is 0 Å². The number of aliphatic hydroxyl groups excluding tert-OH is 1. The van der Waals surface area contributed by atoms with Gasteiger partial charge in [0.05, 0.1) is 40.0 Å². The van der Waals surface area contributed by atoms with Crippen LogP contribution in [0.4, 0.5) is 5.69 Å². The minimum atomic E-state index is -0.588. The number of anilines is 1. The Morgan fingerprint density at radius 2 is 1.65 bits per heavy atom. The number of rotatable bonds is 6. The van der Waals surface area contributed by atoms with Crippen LogP contribution in [0.15, 0.2) is 66.7 Å². The number of nitrogens with zero attached hydrogens (tertiary/aromatic N) is 3. The second kappa shape index (κ2) is 8.74. The van der Waals surface area contributed by atoms with Crippen LogP contribution in [-0.4, -0.2) is 39.0 Å². The van der Waals surface area contributed by atoms with Crippen molar-refractivity contribution in [1.29, 1.82) is 0 Å². The Bertz CT molecular complexity index is 1410. The molecule has 0 unspecified atom stereocenters. The van der Waals surface area contributed by atoms with E-state index in [1.54, 1.807) is 47.0 Å². The Hall–Kier alpha value is -4.01. The fourth-order valence-corrected chi connectivity index (χ4v) is 4.16. The lowest BCUT2D eigenvalue weighted by Gasteiger charge is -2.14. The molecule has 0 spiro atoms. The smallest absolute Gasteiger partial charge is 0.338 e. The van der Waals surface area contributed by atoms with Gasteiger partial charge in [-0.2, -0.15) is 0 Å². The summed E-state index contributed by atoms with van der Waals surface area (Å²) in [7, 11) is 0. The lowest BCUT2D eigenvalue weighted by Crippen LogP contribution is -2.29. The highest BCUT2D eigenvalue weighted by atomic mass is 35.5. The molecular weight excluding hydrogens is 458 g/mol. The number of hydrogen-bond donors (Lipinski definition) is 1. The second-order valence-electron chi connectivity index (χ2n) is 7.65. The lowest BCUT2D eigenvalue weighted by molar-refractivity contribution is 0.0457. The van der Waals surface area contributed by atoms with E-state index < -0.39 is 17.8 Å². The Morgan fingerprint density at radius 3 is 2.29 bits per heavy atom. The molecule has 2 amide bonds. The summed E-state index contributed by atoms with van der Waals surface area (Å²) < 4.78 is 7.18. The molecule has 4 aromatic rings. The maximum Gasteiger partial charge on any atom is 0.338 e. The molecule has 34 heavy (non-hydrogen) atoms. The van der Waals surface area contributed by atoms with Gasteiger partial charge in [0.2, 0.25) is 0 Å². The molecule has 8 nitrogen and oxygen atoms in total. The number of esters is 1. The van der Waals surface area contributed by atoms with Gasteiger partial charge in [0.1, 0.15) is 12.4 Å². The minimum absolute atomic E-state index is 0.106. The van der Waals surface area contributed by atoms with Gasteiger partial charge in [-0.05, 0) is 54.6 Å². The number of halogens is 1. The van der Waals surface area contributed by atoms with Gasteiger partial charge < -0.3 is 14.4 Å². The van der Waals surface area contributed by atoms with Gasteiger partial charge in [-0.25, -0.2) is 14.7 Å². The fourth-order valence-electron chi connectivity index (χ4n) is 3.99. The minimum Gasteiger partial charge on any atom is -0.454 e. The van der Waals surface area contributed by atoms with Crippen molar-refractivity contribution in [2.75, 3.05) is 11.5 Å². The number of imidazole rings is 1. The van der Waals surface area contributed by atoms with Crippen LogP contribution in [0, 0.1) is 0 Å². The molecular formula is C25H18ClN3O5. The molecule has 1 aliphatic heterocycles. The molecule has 170 valence electrons. The molecule has 0 saturated carbocycles. The Morgan fingerprint density at radius 1 is 0.971 bits per heavy atom. The average Bonchev–Trinajstić information content (AvgIpc) is 3.32. The Labute approximate surface area is 199 Å². The molecule has 0 bridgehead atoms. The van der Waals surface area contributed by atoms with E-state index >= 15 is 0 Å². The molecule has 3 aromatic carbocycles. The summed E-state index contributed by atoms with van der Waals surface area (Å²) in [5.74, 6) is -0.922. The molecule has 0 radical (unpaired) electrons. The van der Waals surface area contributed by atoms with E-state index in [-0.39, 0.29) is 25.3 Å². The summed E-state index contributed by atoms with van der Waals surface area (Å²) >= 11 is 6.08. The molecule has 2 heterocycles. The van der Waals surface area contributed by atoms with Crippen molar-refractivity contribution in [3.8, 4) is 0 Å². The summed E-state index contributed by atoms with van der Waals surface area (Å²) in [5, 5.41) is 9.95. The van der Waals surface area contributed by atoms with Crippen molar-refractivity contribution < 1.29 is 24.2 Å². The SMILES string of the molecule is O=C(OCc1nc2ccc(Cl)cc2n1CCO)c1ccc(N2C(=O)c3ccccc3C2=O)cc1. The predicted octanol–water partition coefficient (Wildman–Crippen LogP) is 3.84. The van der Waals surface area contributed by atoms with Crippen LogP contribution in [-0.2, 0) is 17.9 Å². The van der Waals surface area contributed by atoms with Crippen LogP contribution in [0.3, 0.4) is 0 Å². The van der Waals surface area contributed by atoms with Crippen molar-refractivity contribution in [2.24, 2.45) is 0 Å². The van der Waals surface area contributed by atoms with E-state index in [2.05, 4.69) is 4.98 Å². The van der Waals surface area contributed by atoms with Crippen molar-refractivity contribution >= 4 is 46.1 Å². The van der Waals surface area contributed by atoms with Gasteiger partial charge in [0.25, 0.3) is 11.8 Å². The third-order valence-electron chi connectivity index (χ3n) is 5.60. The summed E-state index contributed by atoms with van der Waals surface area (Å²) in [6, 6.07) is 17.9. The van der Waals surface area contributed by atoms with Crippen LogP contribution >= 0.6 is 11.6 Å². The average molecular weight is 476 g/mol. The van der Waals surface area contributed by atoms with Crippen LogP contribution in [0.2, 0.25) is 5.02 Å². The zero-order valence-electron chi connectivity index (χ0n) is 17.8. The normalized spacial score (nSPS) is 12.9. The van der Waals surface area contributed by atoms with Gasteiger partial charge in [0, 0.05) is 11.6 Å². The number of amides is 2. The summed E-state index contributed by atoms with van der Waals surface area (Å²) in [4.78, 5) is 43.5. The Kier molecular flexibility index (Phi) is 5.61. The van der Waals surface area contributed by atoms with E-state index in [1.165, 1.54) is 24.3 Å². The number of benzene rings is 3. The quantitative estimate of drug-likeness (QED) is 0.336. The molecule has 0 aliphatic carbocycles. The number of fused-ring (bicyclic) bond motifs is 2. The van der Waals surface area contributed by atoms with E-state index in [4.69, 9.17) is 16.3 Å². The van der Waals surface area contributed by atoms with Crippen LogP contribution in [0.25, 0.3) is 11.0 Å². The molecule has 1 N–H and O–H groups in total. The van der Waals surface area contributed by atoms with E-state index in [0.29, 0.717) is 33.2 Å². The highest BCUT2D eigenvalue weighted by Gasteiger charge is 2.36. The first-order valence-electron chi connectivity index (χ1n) is 10.5. The van der Waals surface area contributed by atoms with Crippen LogP contribution in [0.1, 0.15) is 36.9 Å². The molecule has 9 heteroatoms. The van der Waals surface area contributed by atoms with Crippen LogP contribution in [0.5, 0.6) is 0 Å². The van der Waals surface area contributed by atoms with Crippen molar-refractivity contribution in [2.45, 2.75) is 13.2 Å². The number of carbonyl (C=O) groups is 3. The number of aliphatic hydroxyl groups is 1. The molecule has 0 fully saturated rings. The van der Waals surface area contributed by atoms with Gasteiger partial charge in [-0.15, -0.1) is 0 Å². The number of aromatic nitrogens is 2. The molecule has 1 aliphatic rings. The number of hydrogen-bond acceptors (Lipinski definition) is 6. The third kappa shape index (κ3) is 3.72. The zero-order valence-corrected chi connectivity index (χ0v) is 18.5. The third-order valence-corrected chi connectivity index (χ3v) is 5.84. The molecule has 1 aromatic heterocycles. The molecule has 0 atom stereocenters. The standard InChI is InChI=1S/C25H18ClN3O5/c26-16-7-10-20-21(13-16)28(11-12-30)22(27-20)14-34-25(33)15-5-8-17(9-6-15)29-23(31)18-3-1-2-4-19(18)24(29)32/h1-10,13,30H,11-12,14H2. The van der Waals surface area contributed by atoms with E-state index in [9.17, 15) is 19.5 Å². The fraction of sp³-hybridized carbons (Fsp3) is 0.120. The van der Waals surface area contributed by atoms with Crippen molar-refractivity contribution in [3.63, 3.8) is 0 Å². The monoisotopic (exact) mass is 475 g/mol. The maximum atomic E-state index is 12.6. The van der Waals surface area contributed by atoms with Crippen molar-refractivity contribution in [1.82, 2.24) is 9.55 Å². The topological polar surface area (TPSA) is 102 Å². The summed E-state index contributed by atoms with van der Waals surface area (Å²) in [6.45, 7) is 0.0577. The highest BCUT2D eigenvalue weighted by Crippen LogP contribution is 2.28. The number of ether oxygens (including phenoxy) is 1. The largest absolute Gasteiger partial charge is 0.454 e. The van der Waals surface area contributed by atoms with Gasteiger partial charge in [0.15, 0.2) is 0 Å². The van der Waals surface area contributed by atoms with E-state index in [0.717, 1.165) is 10.4 Å². The highest BCUT2D eigenvalue weighted by molar-refractivity contribution is 6.34.